The first-order valence-electron chi connectivity index (χ1n) is 9.96. The van der Waals surface area contributed by atoms with Gasteiger partial charge in [-0.25, -0.2) is 4.79 Å². The first-order valence-corrected chi connectivity index (χ1v) is 9.96. The summed E-state index contributed by atoms with van der Waals surface area (Å²) in [6.45, 7) is 3.46. The minimum Gasteiger partial charge on any atom is -0.506 e. The van der Waals surface area contributed by atoms with Crippen molar-refractivity contribution < 1.29 is 24.9 Å². The average Bonchev–Trinajstić information content (AvgIpc) is 2.98. The van der Waals surface area contributed by atoms with Gasteiger partial charge >= 0.3 is 11.9 Å². The number of benzene rings is 1. The van der Waals surface area contributed by atoms with Gasteiger partial charge in [-0.2, -0.15) is 0 Å². The SMILES string of the molecule is CCc1c(-c2ccc3c(c2)cc(CN2CC(C(=O)O)C2)n3C)[nH]c(=O)c(C(=O)O)c1O.Cl. The smallest absolute Gasteiger partial charge is 0.345 e. The van der Waals surface area contributed by atoms with Gasteiger partial charge < -0.3 is 24.9 Å². The molecule has 1 fully saturated rings. The molecule has 0 bridgehead atoms. The monoisotopic (exact) mass is 461 g/mol. The van der Waals surface area contributed by atoms with Crippen LogP contribution in [0.1, 0.15) is 28.5 Å². The number of carboxylic acids is 2. The number of hydrogen-bond acceptors (Lipinski definition) is 5. The number of pyridine rings is 1. The van der Waals surface area contributed by atoms with Crippen molar-refractivity contribution in [2.24, 2.45) is 13.0 Å². The summed E-state index contributed by atoms with van der Waals surface area (Å²) in [6.07, 6.45) is 0.343. The number of likely N-dealkylation sites (tertiary alicyclic amines) is 1. The van der Waals surface area contributed by atoms with Gasteiger partial charge in [0.15, 0.2) is 5.56 Å². The van der Waals surface area contributed by atoms with Crippen LogP contribution in [-0.2, 0) is 24.8 Å². The van der Waals surface area contributed by atoms with Crippen LogP contribution in [0.3, 0.4) is 0 Å². The maximum atomic E-state index is 12.3. The van der Waals surface area contributed by atoms with Crippen LogP contribution in [0, 0.1) is 5.92 Å². The Morgan fingerprint density at radius 3 is 2.47 bits per heavy atom. The molecule has 32 heavy (non-hydrogen) atoms. The summed E-state index contributed by atoms with van der Waals surface area (Å²) in [7, 11) is 1.94. The zero-order valence-electron chi connectivity index (χ0n) is 17.6. The predicted octanol–water partition coefficient (Wildman–Crippen LogP) is 2.44. The third-order valence-corrected chi connectivity index (χ3v) is 5.98. The highest BCUT2D eigenvalue weighted by atomic mass is 35.5. The van der Waals surface area contributed by atoms with Gasteiger partial charge in [-0.3, -0.25) is 14.5 Å². The second kappa shape index (κ2) is 8.68. The van der Waals surface area contributed by atoms with E-state index in [2.05, 4.69) is 9.88 Å². The molecule has 3 heterocycles. The lowest BCUT2D eigenvalue weighted by Crippen LogP contribution is -2.49. The summed E-state index contributed by atoms with van der Waals surface area (Å²) >= 11 is 0. The Morgan fingerprint density at radius 1 is 1.19 bits per heavy atom. The summed E-state index contributed by atoms with van der Waals surface area (Å²) in [4.78, 5) is 39.3. The molecule has 4 rings (SSSR count). The number of nitrogens with zero attached hydrogens (tertiary/aromatic N) is 2. The molecular weight excluding hydrogens is 438 g/mol. The first kappa shape index (κ1) is 23.4. The fourth-order valence-electron chi connectivity index (χ4n) is 4.22. The van der Waals surface area contributed by atoms with Crippen molar-refractivity contribution in [3.8, 4) is 17.0 Å². The largest absolute Gasteiger partial charge is 0.506 e. The molecule has 0 radical (unpaired) electrons. The number of rotatable bonds is 6. The van der Waals surface area contributed by atoms with Gasteiger partial charge in [-0.05, 0) is 30.2 Å². The number of aliphatic carboxylic acids is 1. The number of nitrogens with one attached hydrogen (secondary N) is 1. The highest BCUT2D eigenvalue weighted by molar-refractivity contribution is 5.92. The number of aromatic hydroxyl groups is 1. The maximum Gasteiger partial charge on any atom is 0.345 e. The molecule has 0 unspecified atom stereocenters. The fourth-order valence-corrected chi connectivity index (χ4v) is 4.22. The van der Waals surface area contributed by atoms with Crippen molar-refractivity contribution in [1.29, 1.82) is 0 Å². The number of halogens is 1. The zero-order valence-corrected chi connectivity index (χ0v) is 18.4. The zero-order chi connectivity index (χ0) is 22.4. The van der Waals surface area contributed by atoms with Gasteiger partial charge in [0.05, 0.1) is 11.6 Å². The van der Waals surface area contributed by atoms with Crippen molar-refractivity contribution in [2.75, 3.05) is 13.1 Å². The van der Waals surface area contributed by atoms with Crippen LogP contribution in [0.4, 0.5) is 0 Å². The molecule has 0 spiro atoms. The molecular formula is C22H24ClN3O6. The highest BCUT2D eigenvalue weighted by Gasteiger charge is 2.32. The predicted molar refractivity (Wildman–Crippen MR) is 121 cm³/mol. The van der Waals surface area contributed by atoms with Crippen molar-refractivity contribution >= 4 is 35.2 Å². The molecule has 0 saturated carbocycles. The average molecular weight is 462 g/mol. The van der Waals surface area contributed by atoms with E-state index < -0.39 is 28.8 Å². The van der Waals surface area contributed by atoms with Gasteiger partial charge in [-0.15, -0.1) is 12.4 Å². The maximum absolute atomic E-state index is 12.3. The summed E-state index contributed by atoms with van der Waals surface area (Å²) in [5, 5.41) is 29.6. The number of aryl methyl sites for hydroxylation is 1. The molecule has 1 aliphatic heterocycles. The van der Waals surface area contributed by atoms with E-state index in [1.165, 1.54) is 0 Å². The number of carboxylic acid groups (broad SMARTS) is 2. The van der Waals surface area contributed by atoms with E-state index in [0.29, 0.717) is 42.9 Å². The Bertz CT molecular complexity index is 1270. The second-order valence-electron chi connectivity index (χ2n) is 7.89. The molecule has 170 valence electrons. The molecule has 0 amide bonds. The Labute approximate surface area is 189 Å². The summed E-state index contributed by atoms with van der Waals surface area (Å²) in [5.41, 5.74) is 1.93. The standard InChI is InChI=1S/C22H23N3O6.ClH/c1-3-15-18(23-20(27)17(19(15)26)22(30)31)11-4-5-16-12(6-11)7-14(24(16)2)10-25-8-13(9-25)21(28)29;/h4-7,13H,3,8-10H2,1-2H3,(H,28,29)(H,30,31)(H2,23,26,27);1H. The van der Waals surface area contributed by atoms with E-state index >= 15 is 0 Å². The van der Waals surface area contributed by atoms with E-state index in [9.17, 15) is 24.6 Å². The third kappa shape index (κ3) is 3.85. The first-order chi connectivity index (χ1) is 14.7. The van der Waals surface area contributed by atoms with Crippen molar-refractivity contribution in [3.05, 3.63) is 51.4 Å². The Morgan fingerprint density at radius 2 is 1.88 bits per heavy atom. The highest BCUT2D eigenvalue weighted by Crippen LogP contribution is 2.32. The Kier molecular flexibility index (Phi) is 6.34. The number of aromatic carboxylic acids is 1. The van der Waals surface area contributed by atoms with Gasteiger partial charge in [0.25, 0.3) is 5.56 Å². The van der Waals surface area contributed by atoms with Crippen molar-refractivity contribution in [1.82, 2.24) is 14.5 Å². The van der Waals surface area contributed by atoms with Crippen molar-refractivity contribution in [2.45, 2.75) is 19.9 Å². The topological polar surface area (TPSA) is 136 Å². The van der Waals surface area contributed by atoms with E-state index in [1.54, 1.807) is 6.92 Å². The molecule has 0 atom stereocenters. The van der Waals surface area contributed by atoms with Crippen LogP contribution < -0.4 is 5.56 Å². The Hall–Kier alpha value is -3.30. The van der Waals surface area contributed by atoms with Crippen LogP contribution in [0.15, 0.2) is 29.1 Å². The van der Waals surface area contributed by atoms with Crippen LogP contribution in [0.2, 0.25) is 0 Å². The normalized spacial score (nSPS) is 14.2. The molecule has 4 N–H and O–H groups in total. The number of hydrogen-bond donors (Lipinski definition) is 4. The number of carbonyl (C=O) groups is 2. The van der Waals surface area contributed by atoms with E-state index in [1.807, 2.05) is 35.9 Å². The van der Waals surface area contributed by atoms with Crippen molar-refractivity contribution in [3.63, 3.8) is 0 Å². The molecule has 3 aromatic rings. The van der Waals surface area contributed by atoms with Gasteiger partial charge in [0.2, 0.25) is 0 Å². The summed E-state index contributed by atoms with van der Waals surface area (Å²) < 4.78 is 2.04. The second-order valence-corrected chi connectivity index (χ2v) is 7.89. The molecule has 9 nitrogen and oxygen atoms in total. The number of aromatic nitrogens is 2. The van der Waals surface area contributed by atoms with E-state index in [0.717, 1.165) is 16.6 Å². The van der Waals surface area contributed by atoms with Crippen LogP contribution in [0.25, 0.3) is 22.2 Å². The molecule has 1 aromatic carbocycles. The fraction of sp³-hybridized carbons (Fsp3) is 0.318. The van der Waals surface area contributed by atoms with Crippen LogP contribution in [-0.4, -0.2) is 54.8 Å². The third-order valence-electron chi connectivity index (χ3n) is 5.98. The number of aromatic amines is 1. The van der Waals surface area contributed by atoms with Gasteiger partial charge in [0.1, 0.15) is 5.75 Å². The lowest BCUT2D eigenvalue weighted by molar-refractivity contribution is -0.147. The molecule has 10 heteroatoms. The van der Waals surface area contributed by atoms with Gasteiger partial charge in [-0.1, -0.05) is 13.0 Å². The molecule has 0 aliphatic carbocycles. The molecule has 1 saturated heterocycles. The van der Waals surface area contributed by atoms with Crippen LogP contribution >= 0.6 is 12.4 Å². The number of fused-ring (bicyclic) bond motifs is 1. The van der Waals surface area contributed by atoms with E-state index in [4.69, 9.17) is 5.11 Å². The Balaban J connectivity index is 0.00000289. The number of H-pyrrole nitrogens is 1. The molecule has 1 aliphatic rings. The minimum absolute atomic E-state index is 0. The van der Waals surface area contributed by atoms with Crippen LogP contribution in [0.5, 0.6) is 5.75 Å². The lowest BCUT2D eigenvalue weighted by atomic mass is 9.99. The van der Waals surface area contributed by atoms with Gasteiger partial charge in [0, 0.05) is 48.8 Å². The quantitative estimate of drug-likeness (QED) is 0.442. The summed E-state index contributed by atoms with van der Waals surface area (Å²) in [6, 6.07) is 7.63. The molecule has 2 aromatic heterocycles. The summed E-state index contributed by atoms with van der Waals surface area (Å²) in [5.74, 6) is -3.06. The minimum atomic E-state index is -1.47. The lowest BCUT2D eigenvalue weighted by Gasteiger charge is -2.36. The van der Waals surface area contributed by atoms with E-state index in [-0.39, 0.29) is 18.3 Å².